The molecule has 0 aliphatic carbocycles. The Morgan fingerprint density at radius 3 is 2.65 bits per heavy atom. The van der Waals surface area contributed by atoms with Crippen LogP contribution in [-0.2, 0) is 0 Å². The topological polar surface area (TPSA) is 48.1 Å². The largest absolute Gasteiger partial charge is 0.455 e. The fraction of sp³-hybridized carbons (Fsp3) is 0.188. The maximum absolute atomic E-state index is 6.09. The van der Waals surface area contributed by atoms with E-state index < -0.39 is 0 Å². The van der Waals surface area contributed by atoms with Crippen LogP contribution in [0.5, 0.6) is 11.5 Å². The van der Waals surface area contributed by atoms with Crippen molar-refractivity contribution < 1.29 is 4.74 Å². The summed E-state index contributed by atoms with van der Waals surface area (Å²) in [7, 11) is 0. The van der Waals surface area contributed by atoms with Crippen molar-refractivity contribution in [1.82, 2.24) is 4.98 Å². The molecule has 0 bridgehead atoms. The zero-order valence-corrected chi connectivity index (χ0v) is 12.5. The van der Waals surface area contributed by atoms with Gasteiger partial charge in [-0.05, 0) is 44.0 Å². The molecule has 3 rings (SSSR count). The summed E-state index contributed by atoms with van der Waals surface area (Å²) in [5.74, 6) is 1.50. The van der Waals surface area contributed by atoms with Crippen LogP contribution in [0.1, 0.15) is 16.1 Å². The number of hydrogen-bond acceptors (Lipinski definition) is 4. The first-order valence-corrected chi connectivity index (χ1v) is 7.26. The Balaban J connectivity index is 2.05. The van der Waals surface area contributed by atoms with Crippen molar-refractivity contribution in [3.8, 4) is 11.5 Å². The number of fused-ring (bicyclic) bond motifs is 1. The molecule has 2 aromatic carbocycles. The van der Waals surface area contributed by atoms with E-state index in [0.717, 1.165) is 32.1 Å². The van der Waals surface area contributed by atoms with Crippen LogP contribution in [0.25, 0.3) is 10.2 Å². The summed E-state index contributed by atoms with van der Waals surface area (Å²) in [6.45, 7) is 6.06. The molecule has 0 saturated carbocycles. The van der Waals surface area contributed by atoms with E-state index in [1.807, 2.05) is 45.0 Å². The Bertz CT molecular complexity index is 793. The highest BCUT2D eigenvalue weighted by atomic mass is 32.1. The first-order valence-electron chi connectivity index (χ1n) is 6.45. The fourth-order valence-corrected chi connectivity index (χ4v) is 2.97. The van der Waals surface area contributed by atoms with Crippen LogP contribution in [0.15, 0.2) is 30.3 Å². The molecule has 2 N–H and O–H groups in total. The molecule has 3 aromatic rings. The minimum absolute atomic E-state index is 0.641. The number of anilines is 1. The number of thiazole rings is 1. The summed E-state index contributed by atoms with van der Waals surface area (Å²) in [5.41, 5.74) is 9.91. The van der Waals surface area contributed by atoms with Gasteiger partial charge in [0.25, 0.3) is 0 Å². The van der Waals surface area contributed by atoms with E-state index in [0.29, 0.717) is 11.4 Å². The van der Waals surface area contributed by atoms with Gasteiger partial charge in [0.05, 0.1) is 20.9 Å². The van der Waals surface area contributed by atoms with Crippen LogP contribution in [-0.4, -0.2) is 4.98 Å². The van der Waals surface area contributed by atoms with Gasteiger partial charge in [0.1, 0.15) is 5.75 Å². The van der Waals surface area contributed by atoms with Crippen LogP contribution in [0, 0.1) is 20.8 Å². The van der Waals surface area contributed by atoms with Crippen molar-refractivity contribution in [3.05, 3.63) is 46.5 Å². The van der Waals surface area contributed by atoms with Gasteiger partial charge in [-0.25, -0.2) is 4.98 Å². The van der Waals surface area contributed by atoms with E-state index in [-0.39, 0.29) is 0 Å². The molecule has 0 amide bonds. The zero-order valence-electron chi connectivity index (χ0n) is 11.7. The van der Waals surface area contributed by atoms with Gasteiger partial charge in [0, 0.05) is 6.07 Å². The van der Waals surface area contributed by atoms with E-state index in [1.54, 1.807) is 11.3 Å². The Labute approximate surface area is 122 Å². The molecule has 0 saturated heterocycles. The van der Waals surface area contributed by atoms with Gasteiger partial charge >= 0.3 is 0 Å². The lowest BCUT2D eigenvalue weighted by Crippen LogP contribution is -1.94. The minimum atomic E-state index is 0.641. The van der Waals surface area contributed by atoms with Gasteiger partial charge in [0.15, 0.2) is 5.75 Å². The third-order valence-electron chi connectivity index (χ3n) is 3.19. The first-order chi connectivity index (χ1) is 9.52. The molecule has 1 aromatic heterocycles. The molecule has 4 heteroatoms. The molecule has 3 nitrogen and oxygen atoms in total. The van der Waals surface area contributed by atoms with Gasteiger partial charge in [-0.3, -0.25) is 0 Å². The van der Waals surface area contributed by atoms with Crippen LogP contribution >= 0.6 is 11.3 Å². The second kappa shape index (κ2) is 4.80. The second-order valence-corrected chi connectivity index (χ2v) is 6.20. The number of aromatic nitrogens is 1. The average molecular weight is 284 g/mol. The number of rotatable bonds is 2. The Hall–Kier alpha value is -2.07. The van der Waals surface area contributed by atoms with E-state index in [4.69, 9.17) is 10.5 Å². The monoisotopic (exact) mass is 284 g/mol. The van der Waals surface area contributed by atoms with Crippen molar-refractivity contribution in [2.45, 2.75) is 20.8 Å². The number of aryl methyl sites for hydroxylation is 3. The molecular weight excluding hydrogens is 268 g/mol. The number of nitrogens with two attached hydrogens (primary N) is 1. The summed E-state index contributed by atoms with van der Waals surface area (Å²) in [6.07, 6.45) is 0. The van der Waals surface area contributed by atoms with E-state index in [9.17, 15) is 0 Å². The molecule has 1 heterocycles. The molecule has 0 aliphatic rings. The third kappa shape index (κ3) is 2.34. The van der Waals surface area contributed by atoms with Crippen LogP contribution in [0.4, 0.5) is 5.69 Å². The van der Waals surface area contributed by atoms with Crippen LogP contribution in [0.3, 0.4) is 0 Å². The van der Waals surface area contributed by atoms with Gasteiger partial charge in [-0.15, -0.1) is 11.3 Å². The van der Waals surface area contributed by atoms with Gasteiger partial charge < -0.3 is 10.5 Å². The Morgan fingerprint density at radius 2 is 1.85 bits per heavy atom. The van der Waals surface area contributed by atoms with Crippen molar-refractivity contribution >= 4 is 27.2 Å². The molecule has 102 valence electrons. The smallest absolute Gasteiger partial charge is 0.152 e. The average Bonchev–Trinajstić information content (AvgIpc) is 2.73. The van der Waals surface area contributed by atoms with E-state index in [2.05, 4.69) is 11.1 Å². The highest BCUT2D eigenvalue weighted by Gasteiger charge is 2.09. The molecule has 0 aliphatic heterocycles. The predicted molar refractivity (Wildman–Crippen MR) is 84.8 cm³/mol. The van der Waals surface area contributed by atoms with Crippen LogP contribution in [0.2, 0.25) is 0 Å². The quantitative estimate of drug-likeness (QED) is 0.700. The molecular formula is C16H16N2OS. The van der Waals surface area contributed by atoms with Crippen molar-refractivity contribution in [1.29, 1.82) is 0 Å². The van der Waals surface area contributed by atoms with Crippen LogP contribution < -0.4 is 10.5 Å². The van der Waals surface area contributed by atoms with Gasteiger partial charge in [-0.1, -0.05) is 12.1 Å². The molecule has 0 fully saturated rings. The second-order valence-electron chi connectivity index (χ2n) is 4.96. The summed E-state index contributed by atoms with van der Waals surface area (Å²) >= 11 is 1.64. The fourth-order valence-electron chi connectivity index (χ4n) is 2.11. The molecule has 20 heavy (non-hydrogen) atoms. The van der Waals surface area contributed by atoms with Gasteiger partial charge in [-0.2, -0.15) is 0 Å². The lowest BCUT2D eigenvalue weighted by Gasteiger charge is -2.11. The Kier molecular flexibility index (Phi) is 3.10. The normalized spacial score (nSPS) is 10.9. The molecule has 0 radical (unpaired) electrons. The summed E-state index contributed by atoms with van der Waals surface area (Å²) in [5, 5.41) is 1.03. The zero-order chi connectivity index (χ0) is 14.3. The summed E-state index contributed by atoms with van der Waals surface area (Å²) in [4.78, 5) is 4.48. The first kappa shape index (κ1) is 12.9. The predicted octanol–water partition coefficient (Wildman–Crippen LogP) is 4.60. The summed E-state index contributed by atoms with van der Waals surface area (Å²) in [6, 6.07) is 9.98. The minimum Gasteiger partial charge on any atom is -0.455 e. The van der Waals surface area contributed by atoms with Crippen molar-refractivity contribution in [3.63, 3.8) is 0 Å². The lowest BCUT2D eigenvalue weighted by molar-refractivity contribution is 0.481. The third-order valence-corrected chi connectivity index (χ3v) is 4.12. The Morgan fingerprint density at radius 1 is 1.05 bits per heavy atom. The number of nitrogen functional groups attached to an aromatic ring is 1. The van der Waals surface area contributed by atoms with E-state index in [1.165, 1.54) is 0 Å². The number of hydrogen-bond donors (Lipinski definition) is 1. The maximum Gasteiger partial charge on any atom is 0.152 e. The van der Waals surface area contributed by atoms with Crippen molar-refractivity contribution in [2.24, 2.45) is 0 Å². The highest BCUT2D eigenvalue weighted by Crippen LogP contribution is 2.35. The van der Waals surface area contributed by atoms with E-state index >= 15 is 0 Å². The summed E-state index contributed by atoms with van der Waals surface area (Å²) < 4.78 is 7.07. The number of ether oxygens (including phenoxy) is 1. The maximum atomic E-state index is 6.09. The highest BCUT2D eigenvalue weighted by molar-refractivity contribution is 7.18. The van der Waals surface area contributed by atoms with Gasteiger partial charge in [0.2, 0.25) is 0 Å². The SMILES string of the molecule is Cc1ccc(C)c(Oc2cc3nc(C)sc3cc2N)c1. The van der Waals surface area contributed by atoms with Crippen molar-refractivity contribution in [2.75, 3.05) is 5.73 Å². The molecule has 0 unspecified atom stereocenters. The molecule has 0 spiro atoms. The molecule has 0 atom stereocenters. The number of benzene rings is 2. The lowest BCUT2D eigenvalue weighted by atomic mass is 10.1. The standard InChI is InChI=1S/C16H16N2OS/c1-9-4-5-10(2)14(6-9)19-15-8-13-16(7-12(15)17)20-11(3)18-13/h4-8H,17H2,1-3H3. The number of nitrogens with zero attached hydrogens (tertiary/aromatic N) is 1.